The molecule has 1 aromatic rings. The van der Waals surface area contributed by atoms with Crippen molar-refractivity contribution in [2.24, 2.45) is 0 Å². The fraction of sp³-hybridized carbons (Fsp3) is 0.571. The van der Waals surface area contributed by atoms with Crippen LogP contribution in [0.15, 0.2) is 23.1 Å². The van der Waals surface area contributed by atoms with Crippen molar-refractivity contribution in [2.75, 3.05) is 33.3 Å². The van der Waals surface area contributed by atoms with Gasteiger partial charge in [-0.05, 0) is 25.6 Å². The third-order valence-electron chi connectivity index (χ3n) is 4.34. The van der Waals surface area contributed by atoms with E-state index in [2.05, 4.69) is 4.90 Å². The van der Waals surface area contributed by atoms with Gasteiger partial charge in [-0.2, -0.15) is 4.31 Å². The van der Waals surface area contributed by atoms with Crippen molar-refractivity contribution in [2.45, 2.75) is 23.5 Å². The number of halogens is 2. The summed E-state index contributed by atoms with van der Waals surface area (Å²) < 4.78 is 46.5. The normalized spacial score (nSPS) is 27.6. The number of fused-ring (bicyclic) bond motifs is 1. The van der Waals surface area contributed by atoms with Crippen molar-refractivity contribution >= 4 is 21.6 Å². The number of hydrogen-bond donors (Lipinski definition) is 0. The SMILES string of the molecule is CN1CCO[C@@H]2CCN(S(=O)(=O)c3c(F)cccc3Cl)C[C@@H]21. The van der Waals surface area contributed by atoms with Crippen LogP contribution in [0.3, 0.4) is 0 Å². The standard InChI is InChI=1S/C14H18ClFN2O3S/c1-17-7-8-21-13-5-6-18(9-12(13)17)22(19,20)14-10(15)3-2-4-11(14)16/h2-4,12-13H,5-9H2,1H3/t12-,13+/m0/s1. The van der Waals surface area contributed by atoms with Gasteiger partial charge in [-0.25, -0.2) is 12.8 Å². The number of hydrogen-bond acceptors (Lipinski definition) is 4. The average molecular weight is 349 g/mol. The fourth-order valence-electron chi connectivity index (χ4n) is 3.09. The first-order valence-electron chi connectivity index (χ1n) is 7.17. The average Bonchev–Trinajstić information content (AvgIpc) is 2.47. The van der Waals surface area contributed by atoms with Gasteiger partial charge in [-0.3, -0.25) is 4.90 Å². The van der Waals surface area contributed by atoms with Crippen molar-refractivity contribution in [3.63, 3.8) is 0 Å². The summed E-state index contributed by atoms with van der Waals surface area (Å²) in [7, 11) is -2.00. The molecule has 2 fully saturated rings. The van der Waals surface area contributed by atoms with Crippen LogP contribution in [-0.4, -0.2) is 63.1 Å². The van der Waals surface area contributed by atoms with E-state index in [0.717, 1.165) is 12.6 Å². The second-order valence-electron chi connectivity index (χ2n) is 5.66. The van der Waals surface area contributed by atoms with E-state index in [1.165, 1.54) is 16.4 Å². The molecule has 0 aliphatic carbocycles. The van der Waals surface area contributed by atoms with Gasteiger partial charge >= 0.3 is 0 Å². The smallest absolute Gasteiger partial charge is 0.247 e. The van der Waals surface area contributed by atoms with Gasteiger partial charge in [-0.15, -0.1) is 0 Å². The van der Waals surface area contributed by atoms with Gasteiger partial charge in [0.05, 0.1) is 17.7 Å². The molecule has 5 nitrogen and oxygen atoms in total. The Morgan fingerprint density at radius 1 is 1.36 bits per heavy atom. The van der Waals surface area contributed by atoms with Crippen LogP contribution in [0, 0.1) is 5.82 Å². The molecular formula is C14H18ClFN2O3S. The van der Waals surface area contributed by atoms with E-state index >= 15 is 0 Å². The highest BCUT2D eigenvalue weighted by Crippen LogP contribution is 2.31. The summed E-state index contributed by atoms with van der Waals surface area (Å²) in [6.07, 6.45) is 0.627. The van der Waals surface area contributed by atoms with E-state index in [0.29, 0.717) is 19.6 Å². The van der Waals surface area contributed by atoms with Crippen molar-refractivity contribution < 1.29 is 17.5 Å². The van der Waals surface area contributed by atoms with Crippen LogP contribution in [0.5, 0.6) is 0 Å². The van der Waals surface area contributed by atoms with Crippen LogP contribution in [0.25, 0.3) is 0 Å². The zero-order valence-corrected chi connectivity index (χ0v) is 13.8. The first-order valence-corrected chi connectivity index (χ1v) is 8.99. The molecule has 0 saturated carbocycles. The monoisotopic (exact) mass is 348 g/mol. The number of rotatable bonds is 2. The van der Waals surface area contributed by atoms with Crippen molar-refractivity contribution in [1.82, 2.24) is 9.21 Å². The van der Waals surface area contributed by atoms with Gasteiger partial charge < -0.3 is 4.74 Å². The number of sulfonamides is 1. The molecule has 2 atom stereocenters. The molecule has 0 radical (unpaired) electrons. The van der Waals surface area contributed by atoms with Crippen LogP contribution in [0.2, 0.25) is 5.02 Å². The van der Waals surface area contributed by atoms with Gasteiger partial charge in [0.1, 0.15) is 10.7 Å². The molecule has 0 aromatic heterocycles. The Bertz CT molecular complexity index is 650. The van der Waals surface area contributed by atoms with E-state index in [-0.39, 0.29) is 23.7 Å². The maximum atomic E-state index is 14.0. The van der Waals surface area contributed by atoms with Crippen LogP contribution in [0.4, 0.5) is 4.39 Å². The largest absolute Gasteiger partial charge is 0.375 e. The molecule has 22 heavy (non-hydrogen) atoms. The molecule has 0 spiro atoms. The first-order chi connectivity index (χ1) is 10.4. The fourth-order valence-corrected chi connectivity index (χ4v) is 5.13. The molecule has 8 heteroatoms. The van der Waals surface area contributed by atoms with Crippen molar-refractivity contribution in [1.29, 1.82) is 0 Å². The lowest BCUT2D eigenvalue weighted by Crippen LogP contribution is -2.59. The molecule has 0 N–H and O–H groups in total. The third kappa shape index (κ3) is 2.76. The van der Waals surface area contributed by atoms with Crippen LogP contribution >= 0.6 is 11.6 Å². The zero-order valence-electron chi connectivity index (χ0n) is 12.2. The summed E-state index contributed by atoms with van der Waals surface area (Å²) in [6, 6.07) is 3.88. The van der Waals surface area contributed by atoms with Gasteiger partial charge in [0, 0.05) is 25.7 Å². The quantitative estimate of drug-likeness (QED) is 0.814. The molecule has 3 rings (SSSR count). The van der Waals surface area contributed by atoms with E-state index in [4.69, 9.17) is 16.3 Å². The molecular weight excluding hydrogens is 331 g/mol. The second-order valence-corrected chi connectivity index (χ2v) is 7.94. The summed E-state index contributed by atoms with van der Waals surface area (Å²) in [5.74, 6) is -0.817. The summed E-state index contributed by atoms with van der Waals surface area (Å²) in [4.78, 5) is 1.66. The second kappa shape index (κ2) is 6.05. The lowest BCUT2D eigenvalue weighted by Gasteiger charge is -2.45. The molecule has 0 unspecified atom stereocenters. The molecule has 2 aliphatic heterocycles. The minimum Gasteiger partial charge on any atom is -0.375 e. The first kappa shape index (κ1) is 16.1. The highest BCUT2D eigenvalue weighted by molar-refractivity contribution is 7.89. The number of likely N-dealkylation sites (N-methyl/N-ethyl adjacent to an activating group) is 1. The highest BCUT2D eigenvalue weighted by atomic mass is 35.5. The van der Waals surface area contributed by atoms with Gasteiger partial charge in [0.2, 0.25) is 10.0 Å². The van der Waals surface area contributed by atoms with Crippen LogP contribution in [-0.2, 0) is 14.8 Å². The van der Waals surface area contributed by atoms with Crippen LogP contribution in [0.1, 0.15) is 6.42 Å². The van der Waals surface area contributed by atoms with Gasteiger partial charge in [0.25, 0.3) is 0 Å². The van der Waals surface area contributed by atoms with E-state index < -0.39 is 20.7 Å². The Kier molecular flexibility index (Phi) is 4.44. The van der Waals surface area contributed by atoms with Crippen molar-refractivity contribution in [3.8, 4) is 0 Å². The van der Waals surface area contributed by atoms with Crippen LogP contribution < -0.4 is 0 Å². The maximum absolute atomic E-state index is 14.0. The summed E-state index contributed by atoms with van der Waals surface area (Å²) in [5.41, 5.74) is 0. The Hall–Kier alpha value is -0.730. The van der Waals surface area contributed by atoms with Crippen molar-refractivity contribution in [3.05, 3.63) is 29.0 Å². The maximum Gasteiger partial charge on any atom is 0.247 e. The minimum atomic E-state index is -3.95. The molecule has 2 aliphatic rings. The molecule has 2 saturated heterocycles. The minimum absolute atomic E-state index is 0.0113. The lowest BCUT2D eigenvalue weighted by molar-refractivity contribution is -0.0840. The Labute approximate surface area is 134 Å². The molecule has 122 valence electrons. The lowest BCUT2D eigenvalue weighted by atomic mass is 10.0. The van der Waals surface area contributed by atoms with E-state index in [1.54, 1.807) is 0 Å². The Balaban J connectivity index is 1.90. The van der Waals surface area contributed by atoms with E-state index in [1.807, 2.05) is 7.05 Å². The summed E-state index contributed by atoms with van der Waals surface area (Å²) >= 11 is 5.92. The number of morpholine rings is 1. The molecule has 0 amide bonds. The number of benzene rings is 1. The number of nitrogens with zero attached hydrogens (tertiary/aromatic N) is 2. The molecule has 1 aromatic carbocycles. The molecule has 0 bridgehead atoms. The van der Waals surface area contributed by atoms with Gasteiger partial charge in [0.15, 0.2) is 0 Å². The zero-order chi connectivity index (χ0) is 15.9. The number of ether oxygens (including phenoxy) is 1. The Morgan fingerprint density at radius 3 is 2.86 bits per heavy atom. The topological polar surface area (TPSA) is 49.9 Å². The summed E-state index contributed by atoms with van der Waals surface area (Å²) in [6.45, 7) is 2.01. The Morgan fingerprint density at radius 2 is 2.14 bits per heavy atom. The summed E-state index contributed by atoms with van der Waals surface area (Å²) in [5, 5.41) is -0.0876. The van der Waals surface area contributed by atoms with Gasteiger partial charge in [-0.1, -0.05) is 17.7 Å². The van der Waals surface area contributed by atoms with E-state index in [9.17, 15) is 12.8 Å². The molecule has 2 heterocycles. The predicted molar refractivity (Wildman–Crippen MR) is 80.9 cm³/mol. The third-order valence-corrected chi connectivity index (χ3v) is 6.71. The predicted octanol–water partition coefficient (Wildman–Crippen LogP) is 1.57. The highest BCUT2D eigenvalue weighted by Gasteiger charge is 2.41. The number of piperidine rings is 1.